The van der Waals surface area contributed by atoms with Crippen molar-refractivity contribution in [3.05, 3.63) is 83.9 Å². The summed E-state index contributed by atoms with van der Waals surface area (Å²) in [4.78, 5) is 62.7. The molecule has 0 unspecified atom stereocenters. The zero-order chi connectivity index (χ0) is 38.7. The van der Waals surface area contributed by atoms with E-state index in [9.17, 15) is 19.5 Å². The molecule has 0 bridgehead atoms. The van der Waals surface area contributed by atoms with E-state index >= 15 is 4.79 Å². The molecule has 5 aliphatic rings. The summed E-state index contributed by atoms with van der Waals surface area (Å²) >= 11 is 0. The first kappa shape index (κ1) is 37.6. The first-order valence-electron chi connectivity index (χ1n) is 19.7. The number of methoxy groups -OCH3 is 1. The highest BCUT2D eigenvalue weighted by Gasteiger charge is 2.66. The highest BCUT2D eigenvalue weighted by molar-refractivity contribution is 6.71. The molecular formula is C42H53N5O7Si. The van der Waals surface area contributed by atoms with Crippen molar-refractivity contribution in [1.82, 2.24) is 10.2 Å². The summed E-state index contributed by atoms with van der Waals surface area (Å²) in [5, 5.41) is 13.4. The van der Waals surface area contributed by atoms with Gasteiger partial charge in [-0.05, 0) is 99.9 Å². The van der Waals surface area contributed by atoms with Gasteiger partial charge in [-0.25, -0.2) is 0 Å². The maximum absolute atomic E-state index is 15.1. The molecule has 3 amide bonds. The van der Waals surface area contributed by atoms with Crippen molar-refractivity contribution < 1.29 is 33.8 Å². The Morgan fingerprint density at radius 1 is 1.00 bits per heavy atom. The van der Waals surface area contributed by atoms with Gasteiger partial charge in [0, 0.05) is 34.9 Å². The maximum atomic E-state index is 15.1. The lowest BCUT2D eigenvalue weighted by molar-refractivity contribution is -0.150. The molecule has 5 heterocycles. The summed E-state index contributed by atoms with van der Waals surface area (Å²) in [6, 6.07) is 23.3. The molecule has 8 rings (SSSR count). The molecule has 4 fully saturated rings. The average molecular weight is 768 g/mol. The fourth-order valence-electron chi connectivity index (χ4n) is 10.4. The summed E-state index contributed by atoms with van der Waals surface area (Å²) in [6.45, 7) is 8.31. The van der Waals surface area contributed by atoms with Crippen LogP contribution in [0.4, 0.5) is 17.1 Å². The second kappa shape index (κ2) is 14.3. The third-order valence-corrected chi connectivity index (χ3v) is 15.5. The number of amides is 3. The quantitative estimate of drug-likeness (QED) is 0.272. The lowest BCUT2D eigenvalue weighted by Crippen LogP contribution is -2.55. The molecule has 4 saturated heterocycles. The molecule has 5 aliphatic heterocycles. The van der Waals surface area contributed by atoms with Gasteiger partial charge in [-0.3, -0.25) is 19.3 Å². The van der Waals surface area contributed by atoms with E-state index in [1.54, 1.807) is 16.9 Å². The van der Waals surface area contributed by atoms with Gasteiger partial charge in [0.2, 0.25) is 5.91 Å². The summed E-state index contributed by atoms with van der Waals surface area (Å²) in [6.07, 6.45) is 2.30. The lowest BCUT2D eigenvalue weighted by atomic mass is 9.82. The number of carbonyl (C=O) groups excluding carboxylic acids is 3. The summed E-state index contributed by atoms with van der Waals surface area (Å²) in [5.74, 6) is -0.174. The van der Waals surface area contributed by atoms with Crippen molar-refractivity contribution in [3.63, 3.8) is 0 Å². The van der Waals surface area contributed by atoms with Crippen LogP contribution >= 0.6 is 0 Å². The first-order valence-corrected chi connectivity index (χ1v) is 22.7. The van der Waals surface area contributed by atoms with Crippen molar-refractivity contribution in [2.75, 3.05) is 54.7 Å². The molecule has 12 nitrogen and oxygen atoms in total. The van der Waals surface area contributed by atoms with Gasteiger partial charge in [0.1, 0.15) is 11.3 Å². The number of likely N-dealkylation sites (tertiary alicyclic amines) is 1. The Hall–Kier alpha value is -4.27. The predicted molar refractivity (Wildman–Crippen MR) is 212 cm³/mol. The van der Waals surface area contributed by atoms with Gasteiger partial charge in [0.15, 0.2) is 13.9 Å². The SMILES string of the molecule is COc1ccc2c(c1)[C@@]1(O[C@H](CC(=O)N3CCC[C@H]3CO)[C@@H]([Si](C)(C)O)[C@@H]1C)C(=O)N2Cc1cccc(N2CN(c3ccccc3)C3(CCNCC3)C2=O)c1. The summed E-state index contributed by atoms with van der Waals surface area (Å²) < 4.78 is 12.6. The Balaban J connectivity index is 1.12. The monoisotopic (exact) mass is 767 g/mol. The van der Waals surface area contributed by atoms with Crippen molar-refractivity contribution in [1.29, 1.82) is 0 Å². The number of nitrogens with one attached hydrogen (secondary N) is 1. The van der Waals surface area contributed by atoms with E-state index in [-0.39, 0.29) is 43.3 Å². The molecule has 292 valence electrons. The number of hydrogen-bond acceptors (Lipinski definition) is 9. The molecule has 0 saturated carbocycles. The minimum Gasteiger partial charge on any atom is -0.497 e. The number of fused-ring (bicyclic) bond motifs is 2. The third-order valence-electron chi connectivity index (χ3n) is 13.0. The normalized spacial score (nSPS) is 27.5. The molecule has 3 aromatic carbocycles. The zero-order valence-electron chi connectivity index (χ0n) is 32.2. The van der Waals surface area contributed by atoms with Gasteiger partial charge in [0.05, 0.1) is 51.2 Å². The molecule has 0 radical (unpaired) electrons. The molecule has 3 N–H and O–H groups in total. The van der Waals surface area contributed by atoms with E-state index in [0.29, 0.717) is 43.1 Å². The molecule has 55 heavy (non-hydrogen) atoms. The van der Waals surface area contributed by atoms with Crippen LogP contribution < -0.4 is 24.8 Å². The number of rotatable bonds is 9. The summed E-state index contributed by atoms with van der Waals surface area (Å²) in [7, 11) is -1.43. The highest BCUT2D eigenvalue weighted by atomic mass is 28.4. The lowest BCUT2D eigenvalue weighted by Gasteiger charge is -2.39. The van der Waals surface area contributed by atoms with Gasteiger partial charge in [-0.2, -0.15) is 0 Å². The maximum Gasteiger partial charge on any atom is 0.264 e. The van der Waals surface area contributed by atoms with Crippen LogP contribution in [0.25, 0.3) is 0 Å². The molecule has 5 atom stereocenters. The van der Waals surface area contributed by atoms with E-state index in [1.165, 1.54) is 0 Å². The van der Waals surface area contributed by atoms with Crippen molar-refractivity contribution >= 4 is 43.1 Å². The van der Waals surface area contributed by atoms with E-state index in [4.69, 9.17) is 9.47 Å². The van der Waals surface area contributed by atoms with Gasteiger partial charge in [-0.15, -0.1) is 0 Å². The predicted octanol–water partition coefficient (Wildman–Crippen LogP) is 4.35. The topological polar surface area (TPSA) is 135 Å². The molecule has 0 aliphatic carbocycles. The van der Waals surface area contributed by atoms with Gasteiger partial charge in [-0.1, -0.05) is 37.3 Å². The molecular weight excluding hydrogens is 715 g/mol. The van der Waals surface area contributed by atoms with Crippen LogP contribution in [0.5, 0.6) is 5.75 Å². The molecule has 3 aromatic rings. The van der Waals surface area contributed by atoms with Crippen LogP contribution in [0.1, 0.15) is 50.2 Å². The third kappa shape index (κ3) is 6.15. The Bertz CT molecular complexity index is 1950. The largest absolute Gasteiger partial charge is 0.497 e. The number of nitrogens with zero attached hydrogens (tertiary/aromatic N) is 4. The van der Waals surface area contributed by atoms with E-state index in [0.717, 1.165) is 42.9 Å². The standard InChI is InChI=1S/C42H53N5O7Si/c1-28-38(55(3,4)52)36(24-37(49)44-21-9-14-32(44)26-48)54-42(28)34-23-33(53-2)15-16-35(34)45(40(42)51)25-29-10-8-13-31(22-29)46-27-47(30-11-6-5-7-12-30)41(39(46)50)17-19-43-20-18-41/h5-8,10-13,15-16,22-23,28,32,36,38,43,48,52H,9,14,17-21,24-27H2,1-4H3/t28-,32-,36+,38-,42+/m0/s1. The number of para-hydroxylation sites is 1. The van der Waals surface area contributed by atoms with Crippen LogP contribution in [0.2, 0.25) is 18.6 Å². The second-order valence-corrected chi connectivity index (χ2v) is 20.5. The van der Waals surface area contributed by atoms with Gasteiger partial charge < -0.3 is 39.4 Å². The van der Waals surface area contributed by atoms with Crippen LogP contribution in [0.3, 0.4) is 0 Å². The van der Waals surface area contributed by atoms with Crippen LogP contribution in [-0.2, 0) is 31.3 Å². The number of benzene rings is 3. The minimum atomic E-state index is -3.01. The summed E-state index contributed by atoms with van der Waals surface area (Å²) in [5.41, 5.74) is 1.48. The number of aliphatic hydroxyl groups is 1. The smallest absolute Gasteiger partial charge is 0.264 e. The van der Waals surface area contributed by atoms with E-state index in [1.807, 2.05) is 85.6 Å². The molecule has 13 heteroatoms. The number of carbonyl (C=O) groups is 3. The Morgan fingerprint density at radius 2 is 1.75 bits per heavy atom. The minimum absolute atomic E-state index is 0.0142. The zero-order valence-corrected chi connectivity index (χ0v) is 33.2. The van der Waals surface area contributed by atoms with Crippen LogP contribution in [0, 0.1) is 5.92 Å². The van der Waals surface area contributed by atoms with Crippen molar-refractivity contribution in [2.24, 2.45) is 5.92 Å². The Labute approximate surface area is 324 Å². The van der Waals surface area contributed by atoms with E-state index < -0.39 is 37.0 Å². The van der Waals surface area contributed by atoms with Crippen LogP contribution in [-0.4, -0.2) is 98.5 Å². The van der Waals surface area contributed by atoms with Gasteiger partial charge >= 0.3 is 0 Å². The number of ether oxygens (including phenoxy) is 2. The Morgan fingerprint density at radius 3 is 2.45 bits per heavy atom. The second-order valence-electron chi connectivity index (χ2n) is 16.5. The first-order chi connectivity index (χ1) is 26.4. The Kier molecular flexibility index (Phi) is 9.82. The van der Waals surface area contributed by atoms with Crippen molar-refractivity contribution in [2.45, 2.75) is 87.5 Å². The number of piperidine rings is 1. The highest BCUT2D eigenvalue weighted by Crippen LogP contribution is 2.60. The van der Waals surface area contributed by atoms with Crippen molar-refractivity contribution in [3.8, 4) is 5.75 Å². The van der Waals surface area contributed by atoms with Gasteiger partial charge in [0.25, 0.3) is 11.8 Å². The molecule has 2 spiro atoms. The van der Waals surface area contributed by atoms with Crippen LogP contribution in [0.15, 0.2) is 72.8 Å². The molecule has 0 aromatic heterocycles. The number of hydrogen-bond donors (Lipinski definition) is 3. The average Bonchev–Trinajstić information content (AvgIpc) is 3.91. The number of anilines is 3. The van der Waals surface area contributed by atoms with E-state index in [2.05, 4.69) is 22.3 Å². The number of aliphatic hydroxyl groups excluding tert-OH is 1. The fraction of sp³-hybridized carbons (Fsp3) is 0.500. The fourth-order valence-corrected chi connectivity index (χ4v) is 12.9.